The molecule has 0 aromatic heterocycles. The first-order chi connectivity index (χ1) is 19.6. The van der Waals surface area contributed by atoms with Crippen LogP contribution in [0, 0.1) is 42.2 Å². The molecular weight excluding hydrogens is 540 g/mol. The fraction of sp³-hybridized carbons (Fsp3) is 0.250. The van der Waals surface area contributed by atoms with Gasteiger partial charge in [-0.05, 0) is 74.6 Å². The summed E-state index contributed by atoms with van der Waals surface area (Å²) in [6.07, 6.45) is 1.36. The minimum absolute atomic E-state index is 0.0646. The van der Waals surface area contributed by atoms with Gasteiger partial charge in [0.1, 0.15) is 23.9 Å². The van der Waals surface area contributed by atoms with Crippen LogP contribution in [0.1, 0.15) is 53.0 Å². The van der Waals surface area contributed by atoms with Crippen molar-refractivity contribution in [2.24, 2.45) is 5.73 Å². The Bertz CT molecular complexity index is 1680. The second kappa shape index (κ2) is 11.1. The zero-order chi connectivity index (χ0) is 29.4. The molecule has 1 aliphatic carbocycles. The first-order valence-electron chi connectivity index (χ1n) is 13.3. The van der Waals surface area contributed by atoms with E-state index in [4.69, 9.17) is 22.1 Å². The van der Waals surface area contributed by atoms with Gasteiger partial charge in [0.2, 0.25) is 0 Å². The fourth-order valence-corrected chi connectivity index (χ4v) is 5.88. The van der Waals surface area contributed by atoms with Gasteiger partial charge in [-0.25, -0.2) is 0 Å². The number of rotatable bonds is 6. The van der Waals surface area contributed by atoms with Gasteiger partial charge in [0, 0.05) is 28.8 Å². The van der Waals surface area contributed by atoms with Crippen molar-refractivity contribution in [1.29, 1.82) is 5.26 Å². The topological polar surface area (TPSA) is 122 Å². The minimum atomic E-state index is -0.705. The summed E-state index contributed by atoms with van der Waals surface area (Å²) in [6.45, 7) is 6.23. The third kappa shape index (κ3) is 5.17. The number of benzene rings is 3. The zero-order valence-corrected chi connectivity index (χ0v) is 23.8. The maximum Gasteiger partial charge on any atom is 0.294 e. The number of carbonyl (C=O) groups excluding carboxylic acids is 1. The first-order valence-corrected chi connectivity index (χ1v) is 13.7. The highest BCUT2D eigenvalue weighted by molar-refractivity contribution is 6.31. The van der Waals surface area contributed by atoms with Crippen molar-refractivity contribution in [2.75, 3.05) is 4.90 Å². The van der Waals surface area contributed by atoms with Gasteiger partial charge in [-0.3, -0.25) is 19.8 Å². The summed E-state index contributed by atoms with van der Waals surface area (Å²) < 4.78 is 6.08. The summed E-state index contributed by atoms with van der Waals surface area (Å²) in [5.74, 6) is -0.000117. The molecule has 9 heteroatoms. The van der Waals surface area contributed by atoms with E-state index in [1.165, 1.54) is 23.1 Å². The Balaban J connectivity index is 1.66. The SMILES string of the molecule is Cc1ccc(OCc2cc(C)cc(C3C(C#N)=C(N)N(c4ccc(Cl)cc4[N+](=O)[O-])C4=C3C(=O)CCC4)c2C)cc1. The summed E-state index contributed by atoms with van der Waals surface area (Å²) in [6, 6.07) is 18.4. The van der Waals surface area contributed by atoms with Crippen molar-refractivity contribution in [1.82, 2.24) is 0 Å². The highest BCUT2D eigenvalue weighted by Gasteiger charge is 2.42. The van der Waals surface area contributed by atoms with Gasteiger partial charge in [0.05, 0.1) is 22.5 Å². The third-order valence-electron chi connectivity index (χ3n) is 7.71. The number of hydrogen-bond acceptors (Lipinski definition) is 7. The van der Waals surface area contributed by atoms with Crippen LogP contribution in [0.15, 0.2) is 77.3 Å². The molecular formula is C32H29ClN4O4. The molecule has 1 unspecified atom stereocenters. The molecule has 0 fully saturated rings. The number of nitrogens with two attached hydrogens (primary N) is 1. The Morgan fingerprint density at radius 1 is 1.10 bits per heavy atom. The predicted octanol–water partition coefficient (Wildman–Crippen LogP) is 7.06. The monoisotopic (exact) mass is 568 g/mol. The number of aryl methyl sites for hydroxylation is 2. The molecule has 41 heavy (non-hydrogen) atoms. The number of hydrogen-bond donors (Lipinski definition) is 1. The Hall–Kier alpha value is -4.61. The van der Waals surface area contributed by atoms with E-state index in [-0.39, 0.29) is 33.6 Å². The third-order valence-corrected chi connectivity index (χ3v) is 7.95. The molecule has 8 nitrogen and oxygen atoms in total. The van der Waals surface area contributed by atoms with Gasteiger partial charge in [0.25, 0.3) is 5.69 Å². The van der Waals surface area contributed by atoms with E-state index in [1.807, 2.05) is 57.2 Å². The molecule has 1 heterocycles. The minimum Gasteiger partial charge on any atom is -0.489 e. The predicted molar refractivity (Wildman–Crippen MR) is 157 cm³/mol. The lowest BCUT2D eigenvalue weighted by molar-refractivity contribution is -0.384. The largest absolute Gasteiger partial charge is 0.489 e. The van der Waals surface area contributed by atoms with Crippen LogP contribution in [0.3, 0.4) is 0 Å². The molecule has 0 saturated carbocycles. The summed E-state index contributed by atoms with van der Waals surface area (Å²) in [7, 11) is 0. The average molecular weight is 569 g/mol. The van der Waals surface area contributed by atoms with Crippen molar-refractivity contribution in [3.63, 3.8) is 0 Å². The maximum atomic E-state index is 13.6. The quantitative estimate of drug-likeness (QED) is 0.249. The Labute approximate surface area is 243 Å². The van der Waals surface area contributed by atoms with Crippen LogP contribution < -0.4 is 15.4 Å². The number of Topliss-reactive ketones (excluding diaryl/α,β-unsaturated/α-hetero) is 1. The van der Waals surface area contributed by atoms with Gasteiger partial charge in [-0.2, -0.15) is 5.26 Å². The molecule has 1 aliphatic heterocycles. The lowest BCUT2D eigenvalue weighted by Gasteiger charge is -2.40. The van der Waals surface area contributed by atoms with E-state index in [2.05, 4.69) is 6.07 Å². The normalized spacial score (nSPS) is 16.9. The molecule has 0 spiro atoms. The highest BCUT2D eigenvalue weighted by Crippen LogP contribution is 2.49. The van der Waals surface area contributed by atoms with Crippen molar-refractivity contribution < 1.29 is 14.5 Å². The molecule has 0 radical (unpaired) electrons. The maximum absolute atomic E-state index is 13.6. The van der Waals surface area contributed by atoms with E-state index in [0.29, 0.717) is 37.1 Å². The van der Waals surface area contributed by atoms with Gasteiger partial charge in [-0.15, -0.1) is 0 Å². The van der Waals surface area contributed by atoms with Crippen LogP contribution in [-0.2, 0) is 11.4 Å². The molecule has 0 saturated heterocycles. The molecule has 2 aliphatic rings. The number of nitro groups is 1. The second-order valence-electron chi connectivity index (χ2n) is 10.4. The standard InChI is InChI=1S/C32H29ClN4O4/c1-18-7-10-23(11-8-18)41-17-21-13-19(2)14-24(20(21)3)30-25(16-34)32(35)36(27-5-4-6-29(38)31(27)30)26-12-9-22(33)15-28(26)37(39)40/h7-15,30H,4-6,17,35H2,1-3H3. The van der Waals surface area contributed by atoms with Gasteiger partial charge in [-0.1, -0.05) is 47.0 Å². The molecule has 5 rings (SSSR count). The number of allylic oxidation sites excluding steroid dienone is 3. The lowest BCUT2D eigenvalue weighted by Crippen LogP contribution is -2.39. The van der Waals surface area contributed by atoms with Crippen LogP contribution in [-0.4, -0.2) is 10.7 Å². The molecule has 2 N–H and O–H groups in total. The number of halogens is 1. The molecule has 1 atom stereocenters. The van der Waals surface area contributed by atoms with Crippen LogP contribution >= 0.6 is 11.6 Å². The van der Waals surface area contributed by atoms with E-state index in [0.717, 1.165) is 33.6 Å². The lowest BCUT2D eigenvalue weighted by atomic mass is 9.73. The Kier molecular flexibility index (Phi) is 7.57. The average Bonchev–Trinajstić information content (AvgIpc) is 2.94. The molecule has 3 aromatic carbocycles. The van der Waals surface area contributed by atoms with Crippen molar-refractivity contribution in [3.05, 3.63) is 120 Å². The zero-order valence-electron chi connectivity index (χ0n) is 23.0. The number of nitriles is 1. The molecule has 0 amide bonds. The highest BCUT2D eigenvalue weighted by atomic mass is 35.5. The van der Waals surface area contributed by atoms with Crippen molar-refractivity contribution in [3.8, 4) is 11.8 Å². The Morgan fingerprint density at radius 3 is 2.51 bits per heavy atom. The Morgan fingerprint density at radius 2 is 1.83 bits per heavy atom. The first kappa shape index (κ1) is 27.9. The fourth-order valence-electron chi connectivity index (χ4n) is 5.71. The molecule has 3 aromatic rings. The van der Waals surface area contributed by atoms with Crippen LogP contribution in [0.2, 0.25) is 5.02 Å². The number of ether oxygens (including phenoxy) is 1. The van der Waals surface area contributed by atoms with E-state index in [9.17, 15) is 20.2 Å². The van der Waals surface area contributed by atoms with Gasteiger partial charge < -0.3 is 10.5 Å². The van der Waals surface area contributed by atoms with Gasteiger partial charge >= 0.3 is 0 Å². The van der Waals surface area contributed by atoms with E-state index < -0.39 is 10.8 Å². The van der Waals surface area contributed by atoms with Crippen LogP contribution in [0.4, 0.5) is 11.4 Å². The number of anilines is 1. The molecule has 0 bridgehead atoms. The second-order valence-corrected chi connectivity index (χ2v) is 10.9. The van der Waals surface area contributed by atoms with E-state index in [1.54, 1.807) is 0 Å². The summed E-state index contributed by atoms with van der Waals surface area (Å²) in [4.78, 5) is 26.6. The summed E-state index contributed by atoms with van der Waals surface area (Å²) >= 11 is 6.08. The molecule has 208 valence electrons. The van der Waals surface area contributed by atoms with Gasteiger partial charge in [0.15, 0.2) is 5.78 Å². The summed E-state index contributed by atoms with van der Waals surface area (Å²) in [5.41, 5.74) is 12.5. The van der Waals surface area contributed by atoms with Crippen LogP contribution in [0.25, 0.3) is 0 Å². The van der Waals surface area contributed by atoms with Crippen molar-refractivity contribution in [2.45, 2.75) is 52.6 Å². The number of ketones is 1. The van der Waals surface area contributed by atoms with Crippen LogP contribution in [0.5, 0.6) is 5.75 Å². The summed E-state index contributed by atoms with van der Waals surface area (Å²) in [5, 5.41) is 22.6. The van der Waals surface area contributed by atoms with E-state index >= 15 is 0 Å². The number of nitrogens with zero attached hydrogens (tertiary/aromatic N) is 3. The van der Waals surface area contributed by atoms with Crippen molar-refractivity contribution >= 4 is 28.8 Å². The smallest absolute Gasteiger partial charge is 0.294 e. The number of carbonyl (C=O) groups is 1. The number of nitro benzene ring substituents is 1.